The van der Waals surface area contributed by atoms with Crippen molar-refractivity contribution in [1.29, 1.82) is 0 Å². The van der Waals surface area contributed by atoms with Crippen LogP contribution >= 0.6 is 0 Å². The highest BCUT2D eigenvalue weighted by atomic mass is 16.5. The van der Waals surface area contributed by atoms with E-state index in [9.17, 15) is 4.79 Å². The molecule has 1 aromatic carbocycles. The Hall–Kier alpha value is -1.31. The maximum absolute atomic E-state index is 12.1. The van der Waals surface area contributed by atoms with Gasteiger partial charge in [-0.25, -0.2) is 0 Å². The van der Waals surface area contributed by atoms with Crippen molar-refractivity contribution in [2.75, 3.05) is 7.11 Å². The maximum atomic E-state index is 12.1. The number of Topliss-reactive ketones (excluding diaryl/α,β-unsaturated/α-hetero) is 1. The van der Waals surface area contributed by atoms with Crippen LogP contribution < -0.4 is 4.74 Å². The standard InChI is InChI=1S/C15H22O2/c1-10(2)8-14(16)13-9-12(11(3)4)6-7-15(13)17-5/h6-7,9-11H,8H2,1-5H3. The smallest absolute Gasteiger partial charge is 0.166 e. The first kappa shape index (κ1) is 13.8. The molecule has 0 N–H and O–H groups in total. The highest BCUT2D eigenvalue weighted by molar-refractivity contribution is 5.99. The Balaban J connectivity index is 3.09. The molecule has 0 aromatic heterocycles. The Bertz CT molecular complexity index is 392. The second-order valence-corrected chi connectivity index (χ2v) is 5.14. The zero-order chi connectivity index (χ0) is 13.0. The molecule has 1 aromatic rings. The topological polar surface area (TPSA) is 26.3 Å². The molecule has 0 saturated carbocycles. The summed E-state index contributed by atoms with van der Waals surface area (Å²) in [5.41, 5.74) is 1.89. The number of carbonyl (C=O) groups is 1. The quantitative estimate of drug-likeness (QED) is 0.718. The van der Waals surface area contributed by atoms with Crippen LogP contribution in [0.4, 0.5) is 0 Å². The lowest BCUT2D eigenvalue weighted by Gasteiger charge is -2.12. The summed E-state index contributed by atoms with van der Waals surface area (Å²) in [5.74, 6) is 1.64. The Kier molecular flexibility index (Phi) is 4.73. The van der Waals surface area contributed by atoms with Gasteiger partial charge in [0.1, 0.15) is 5.75 Å². The predicted molar refractivity (Wildman–Crippen MR) is 70.9 cm³/mol. The Morgan fingerprint density at radius 1 is 1.24 bits per heavy atom. The maximum Gasteiger partial charge on any atom is 0.166 e. The van der Waals surface area contributed by atoms with Crippen LogP contribution in [0.5, 0.6) is 5.75 Å². The molecule has 0 aliphatic heterocycles. The Morgan fingerprint density at radius 2 is 1.88 bits per heavy atom. The molecule has 0 aliphatic rings. The number of carbonyl (C=O) groups excluding carboxylic acids is 1. The van der Waals surface area contributed by atoms with E-state index < -0.39 is 0 Å². The molecule has 17 heavy (non-hydrogen) atoms. The number of hydrogen-bond donors (Lipinski definition) is 0. The normalized spacial score (nSPS) is 11.0. The zero-order valence-electron chi connectivity index (χ0n) is 11.4. The molecule has 0 fully saturated rings. The number of ketones is 1. The van der Waals surface area contributed by atoms with E-state index in [-0.39, 0.29) is 5.78 Å². The summed E-state index contributed by atoms with van der Waals surface area (Å²) in [6.45, 7) is 8.35. The fourth-order valence-corrected chi connectivity index (χ4v) is 1.78. The second-order valence-electron chi connectivity index (χ2n) is 5.14. The van der Waals surface area contributed by atoms with Crippen LogP contribution in [0.2, 0.25) is 0 Å². The molecular formula is C15H22O2. The number of hydrogen-bond acceptors (Lipinski definition) is 2. The van der Waals surface area contributed by atoms with Gasteiger partial charge in [0.25, 0.3) is 0 Å². The first-order chi connectivity index (χ1) is 7.95. The number of methoxy groups -OCH3 is 1. The summed E-state index contributed by atoms with van der Waals surface area (Å²) in [6, 6.07) is 5.88. The van der Waals surface area contributed by atoms with Crippen LogP contribution in [0, 0.1) is 5.92 Å². The van der Waals surface area contributed by atoms with Crippen molar-refractivity contribution in [2.24, 2.45) is 5.92 Å². The summed E-state index contributed by atoms with van der Waals surface area (Å²) >= 11 is 0. The van der Waals surface area contributed by atoms with Gasteiger partial charge in [-0.15, -0.1) is 0 Å². The van der Waals surface area contributed by atoms with Gasteiger partial charge >= 0.3 is 0 Å². The molecule has 2 nitrogen and oxygen atoms in total. The summed E-state index contributed by atoms with van der Waals surface area (Å²) < 4.78 is 5.26. The number of ether oxygens (including phenoxy) is 1. The fourth-order valence-electron chi connectivity index (χ4n) is 1.78. The van der Waals surface area contributed by atoms with Crippen molar-refractivity contribution in [3.8, 4) is 5.75 Å². The van der Waals surface area contributed by atoms with E-state index >= 15 is 0 Å². The number of rotatable bonds is 5. The van der Waals surface area contributed by atoms with E-state index in [1.807, 2.05) is 18.2 Å². The third-order valence-electron chi connectivity index (χ3n) is 2.78. The molecule has 1 rings (SSSR count). The summed E-state index contributed by atoms with van der Waals surface area (Å²) in [6.07, 6.45) is 0.567. The van der Waals surface area contributed by atoms with E-state index in [0.29, 0.717) is 29.6 Å². The lowest BCUT2D eigenvalue weighted by molar-refractivity contribution is 0.0965. The zero-order valence-corrected chi connectivity index (χ0v) is 11.4. The van der Waals surface area contributed by atoms with Gasteiger partial charge in [0.05, 0.1) is 12.7 Å². The van der Waals surface area contributed by atoms with Gasteiger partial charge in [-0.1, -0.05) is 33.8 Å². The van der Waals surface area contributed by atoms with E-state index in [0.717, 1.165) is 0 Å². The average molecular weight is 234 g/mol. The van der Waals surface area contributed by atoms with Crippen LogP contribution in [-0.2, 0) is 0 Å². The third-order valence-corrected chi connectivity index (χ3v) is 2.78. The molecule has 0 unspecified atom stereocenters. The van der Waals surface area contributed by atoms with Gasteiger partial charge in [0, 0.05) is 6.42 Å². The molecular weight excluding hydrogens is 212 g/mol. The van der Waals surface area contributed by atoms with E-state index in [2.05, 4.69) is 27.7 Å². The SMILES string of the molecule is COc1ccc(C(C)C)cc1C(=O)CC(C)C. The molecule has 0 radical (unpaired) electrons. The molecule has 94 valence electrons. The van der Waals surface area contributed by atoms with Crippen molar-refractivity contribution in [3.63, 3.8) is 0 Å². The number of benzene rings is 1. The first-order valence-electron chi connectivity index (χ1n) is 6.16. The summed E-state index contributed by atoms with van der Waals surface area (Å²) in [5, 5.41) is 0. The van der Waals surface area contributed by atoms with Crippen molar-refractivity contribution in [1.82, 2.24) is 0 Å². The van der Waals surface area contributed by atoms with Gasteiger partial charge in [0.15, 0.2) is 5.78 Å². The molecule has 2 heteroatoms. The largest absolute Gasteiger partial charge is 0.496 e. The van der Waals surface area contributed by atoms with Crippen LogP contribution in [0.15, 0.2) is 18.2 Å². The van der Waals surface area contributed by atoms with Crippen molar-refractivity contribution in [2.45, 2.75) is 40.0 Å². The van der Waals surface area contributed by atoms with Crippen LogP contribution in [0.1, 0.15) is 56.0 Å². The van der Waals surface area contributed by atoms with Crippen molar-refractivity contribution < 1.29 is 9.53 Å². The third kappa shape index (κ3) is 3.58. The molecule has 0 saturated heterocycles. The first-order valence-corrected chi connectivity index (χ1v) is 6.16. The molecule has 0 amide bonds. The minimum absolute atomic E-state index is 0.166. The highest BCUT2D eigenvalue weighted by Crippen LogP contribution is 2.26. The monoisotopic (exact) mass is 234 g/mol. The van der Waals surface area contributed by atoms with Crippen LogP contribution in [0.25, 0.3) is 0 Å². The van der Waals surface area contributed by atoms with Crippen LogP contribution in [0.3, 0.4) is 0 Å². The van der Waals surface area contributed by atoms with Crippen molar-refractivity contribution >= 4 is 5.78 Å². The van der Waals surface area contributed by atoms with E-state index in [1.165, 1.54) is 5.56 Å². The highest BCUT2D eigenvalue weighted by Gasteiger charge is 2.15. The summed E-state index contributed by atoms with van der Waals surface area (Å²) in [4.78, 5) is 12.1. The minimum Gasteiger partial charge on any atom is -0.496 e. The lowest BCUT2D eigenvalue weighted by Crippen LogP contribution is -2.06. The van der Waals surface area contributed by atoms with Crippen LogP contribution in [-0.4, -0.2) is 12.9 Å². The van der Waals surface area contributed by atoms with Gasteiger partial charge in [0.2, 0.25) is 0 Å². The van der Waals surface area contributed by atoms with E-state index in [1.54, 1.807) is 7.11 Å². The van der Waals surface area contributed by atoms with E-state index in [4.69, 9.17) is 4.74 Å². The second kappa shape index (κ2) is 5.85. The van der Waals surface area contributed by atoms with Gasteiger partial charge in [-0.05, 0) is 29.5 Å². The van der Waals surface area contributed by atoms with Crippen molar-refractivity contribution in [3.05, 3.63) is 29.3 Å². The average Bonchev–Trinajstić information content (AvgIpc) is 2.27. The molecule has 0 atom stereocenters. The summed E-state index contributed by atoms with van der Waals surface area (Å²) in [7, 11) is 1.61. The Labute approximate surface area is 104 Å². The molecule has 0 bridgehead atoms. The Morgan fingerprint density at radius 3 is 2.35 bits per heavy atom. The fraction of sp³-hybridized carbons (Fsp3) is 0.533. The van der Waals surface area contributed by atoms with Gasteiger partial charge < -0.3 is 4.74 Å². The molecule has 0 spiro atoms. The molecule has 0 heterocycles. The lowest BCUT2D eigenvalue weighted by atomic mass is 9.95. The molecule has 0 aliphatic carbocycles. The van der Waals surface area contributed by atoms with Gasteiger partial charge in [-0.2, -0.15) is 0 Å². The predicted octanol–water partition coefficient (Wildman–Crippen LogP) is 4.05. The van der Waals surface area contributed by atoms with Gasteiger partial charge in [-0.3, -0.25) is 4.79 Å². The minimum atomic E-state index is 0.166.